The van der Waals surface area contributed by atoms with E-state index in [1.54, 1.807) is 0 Å². The molecule has 2 atom stereocenters. The number of piperidine rings is 1. The number of nitrogens with one attached hydrogen (secondary N) is 1. The lowest BCUT2D eigenvalue weighted by atomic mass is 9.85. The molecule has 0 radical (unpaired) electrons. The van der Waals surface area contributed by atoms with Crippen molar-refractivity contribution in [1.82, 2.24) is 10.2 Å². The van der Waals surface area contributed by atoms with Crippen molar-refractivity contribution >= 4 is 0 Å². The highest BCUT2D eigenvalue weighted by Crippen LogP contribution is 2.27. The maximum absolute atomic E-state index is 3.50. The Morgan fingerprint density at radius 3 is 2.93 bits per heavy atom. The Labute approximate surface area is 88.1 Å². The first kappa shape index (κ1) is 10.4. The van der Waals surface area contributed by atoms with E-state index in [4.69, 9.17) is 0 Å². The third kappa shape index (κ3) is 2.48. The average molecular weight is 196 g/mol. The Kier molecular flexibility index (Phi) is 3.82. The highest BCUT2D eigenvalue weighted by atomic mass is 15.1. The lowest BCUT2D eigenvalue weighted by Crippen LogP contribution is -2.39. The van der Waals surface area contributed by atoms with E-state index in [1.165, 1.54) is 58.4 Å². The lowest BCUT2D eigenvalue weighted by Gasteiger charge is -2.35. The van der Waals surface area contributed by atoms with Crippen molar-refractivity contribution in [1.29, 1.82) is 0 Å². The molecule has 0 bridgehead atoms. The summed E-state index contributed by atoms with van der Waals surface area (Å²) in [6.07, 6.45) is 5.65. The van der Waals surface area contributed by atoms with Crippen LogP contribution in [0.5, 0.6) is 0 Å². The van der Waals surface area contributed by atoms with Gasteiger partial charge in [0.15, 0.2) is 0 Å². The maximum Gasteiger partial charge on any atom is 0.00128 e. The summed E-state index contributed by atoms with van der Waals surface area (Å²) in [7, 11) is 0. The van der Waals surface area contributed by atoms with Crippen LogP contribution in [-0.4, -0.2) is 37.6 Å². The highest BCUT2D eigenvalue weighted by molar-refractivity contribution is 4.83. The monoisotopic (exact) mass is 196 g/mol. The van der Waals surface area contributed by atoms with Crippen molar-refractivity contribution < 1.29 is 0 Å². The largest absolute Gasteiger partial charge is 0.316 e. The molecule has 2 saturated heterocycles. The van der Waals surface area contributed by atoms with Crippen molar-refractivity contribution in [2.24, 2.45) is 11.8 Å². The highest BCUT2D eigenvalue weighted by Gasteiger charge is 2.28. The van der Waals surface area contributed by atoms with Crippen molar-refractivity contribution in [2.45, 2.75) is 32.6 Å². The molecule has 0 saturated carbocycles. The standard InChI is InChI=1S/C12H24N2/c1-2-7-14-8-3-4-12(10-14)11-5-6-13-9-11/h11-13H,2-10H2,1H3. The molecule has 2 rings (SSSR count). The van der Waals surface area contributed by atoms with E-state index >= 15 is 0 Å². The SMILES string of the molecule is CCCN1CCCC(C2CCNC2)C1. The van der Waals surface area contributed by atoms with Gasteiger partial charge in [-0.3, -0.25) is 0 Å². The van der Waals surface area contributed by atoms with Crippen LogP contribution >= 0.6 is 0 Å². The molecular formula is C12H24N2. The van der Waals surface area contributed by atoms with Crippen LogP contribution in [0.15, 0.2) is 0 Å². The summed E-state index contributed by atoms with van der Waals surface area (Å²) in [5.41, 5.74) is 0. The fourth-order valence-corrected chi connectivity index (χ4v) is 3.07. The van der Waals surface area contributed by atoms with Crippen LogP contribution < -0.4 is 5.32 Å². The summed E-state index contributed by atoms with van der Waals surface area (Å²) in [5, 5.41) is 3.50. The molecule has 0 aromatic carbocycles. The quantitative estimate of drug-likeness (QED) is 0.739. The Morgan fingerprint density at radius 1 is 1.29 bits per heavy atom. The maximum atomic E-state index is 3.50. The summed E-state index contributed by atoms with van der Waals surface area (Å²) >= 11 is 0. The molecule has 0 aliphatic carbocycles. The molecule has 0 amide bonds. The molecule has 82 valence electrons. The topological polar surface area (TPSA) is 15.3 Å². The molecule has 2 nitrogen and oxygen atoms in total. The minimum absolute atomic E-state index is 0.981. The molecule has 2 fully saturated rings. The molecule has 14 heavy (non-hydrogen) atoms. The van der Waals surface area contributed by atoms with Gasteiger partial charge in [-0.25, -0.2) is 0 Å². The zero-order valence-electron chi connectivity index (χ0n) is 9.47. The van der Waals surface area contributed by atoms with E-state index in [-0.39, 0.29) is 0 Å². The minimum Gasteiger partial charge on any atom is -0.316 e. The van der Waals surface area contributed by atoms with Gasteiger partial charge in [0.1, 0.15) is 0 Å². The first-order valence-electron chi connectivity index (χ1n) is 6.33. The van der Waals surface area contributed by atoms with Crippen LogP contribution in [0.2, 0.25) is 0 Å². The zero-order chi connectivity index (χ0) is 9.80. The van der Waals surface area contributed by atoms with Gasteiger partial charge in [-0.1, -0.05) is 6.92 Å². The van der Waals surface area contributed by atoms with Crippen molar-refractivity contribution in [3.8, 4) is 0 Å². The number of hydrogen-bond acceptors (Lipinski definition) is 2. The number of nitrogens with zero attached hydrogens (tertiary/aromatic N) is 1. The van der Waals surface area contributed by atoms with Crippen molar-refractivity contribution in [2.75, 3.05) is 32.7 Å². The number of rotatable bonds is 3. The van der Waals surface area contributed by atoms with Crippen LogP contribution in [0.1, 0.15) is 32.6 Å². The van der Waals surface area contributed by atoms with Gasteiger partial charge in [-0.05, 0) is 63.7 Å². The Bertz CT molecular complexity index is 162. The van der Waals surface area contributed by atoms with Gasteiger partial charge in [-0.15, -0.1) is 0 Å². The van der Waals surface area contributed by atoms with Crippen LogP contribution in [0, 0.1) is 11.8 Å². The number of hydrogen-bond donors (Lipinski definition) is 1. The molecule has 0 spiro atoms. The predicted molar refractivity (Wildman–Crippen MR) is 60.4 cm³/mol. The summed E-state index contributed by atoms with van der Waals surface area (Å²) in [4.78, 5) is 2.67. The molecule has 1 N–H and O–H groups in total. The Hall–Kier alpha value is -0.0800. The summed E-state index contributed by atoms with van der Waals surface area (Å²) in [6, 6.07) is 0. The molecule has 2 heterocycles. The summed E-state index contributed by atoms with van der Waals surface area (Å²) in [6.45, 7) is 8.88. The van der Waals surface area contributed by atoms with Crippen LogP contribution in [0.4, 0.5) is 0 Å². The van der Waals surface area contributed by atoms with Crippen molar-refractivity contribution in [3.63, 3.8) is 0 Å². The summed E-state index contributed by atoms with van der Waals surface area (Å²) in [5.74, 6) is 1.97. The van der Waals surface area contributed by atoms with Gasteiger partial charge in [0.2, 0.25) is 0 Å². The molecular weight excluding hydrogens is 172 g/mol. The van der Waals surface area contributed by atoms with E-state index in [1.807, 2.05) is 0 Å². The van der Waals surface area contributed by atoms with E-state index in [2.05, 4.69) is 17.1 Å². The van der Waals surface area contributed by atoms with E-state index in [0.717, 1.165) is 11.8 Å². The van der Waals surface area contributed by atoms with E-state index in [9.17, 15) is 0 Å². The van der Waals surface area contributed by atoms with Gasteiger partial charge in [-0.2, -0.15) is 0 Å². The molecule has 2 aliphatic rings. The third-order valence-corrected chi connectivity index (χ3v) is 3.85. The van der Waals surface area contributed by atoms with Gasteiger partial charge >= 0.3 is 0 Å². The fourth-order valence-electron chi connectivity index (χ4n) is 3.07. The van der Waals surface area contributed by atoms with Gasteiger partial charge < -0.3 is 10.2 Å². The van der Waals surface area contributed by atoms with Gasteiger partial charge in [0, 0.05) is 6.54 Å². The second-order valence-corrected chi connectivity index (χ2v) is 4.96. The third-order valence-electron chi connectivity index (χ3n) is 3.85. The zero-order valence-corrected chi connectivity index (χ0v) is 9.47. The number of likely N-dealkylation sites (tertiary alicyclic amines) is 1. The molecule has 2 aliphatic heterocycles. The van der Waals surface area contributed by atoms with Crippen LogP contribution in [0.25, 0.3) is 0 Å². The second-order valence-electron chi connectivity index (χ2n) is 4.96. The van der Waals surface area contributed by atoms with Crippen LogP contribution in [0.3, 0.4) is 0 Å². The average Bonchev–Trinajstić information content (AvgIpc) is 2.71. The fraction of sp³-hybridized carbons (Fsp3) is 1.00. The van der Waals surface area contributed by atoms with Crippen LogP contribution in [-0.2, 0) is 0 Å². The van der Waals surface area contributed by atoms with Gasteiger partial charge in [0.05, 0.1) is 0 Å². The molecule has 0 aromatic rings. The normalized spacial score (nSPS) is 34.9. The molecule has 2 unspecified atom stereocenters. The van der Waals surface area contributed by atoms with E-state index < -0.39 is 0 Å². The molecule has 2 heteroatoms. The molecule has 0 aromatic heterocycles. The first-order chi connectivity index (χ1) is 6.90. The minimum atomic E-state index is 0.981. The summed E-state index contributed by atoms with van der Waals surface area (Å²) < 4.78 is 0. The predicted octanol–water partition coefficient (Wildman–Crippen LogP) is 1.72. The lowest BCUT2D eigenvalue weighted by molar-refractivity contribution is 0.140. The van der Waals surface area contributed by atoms with Gasteiger partial charge in [0.25, 0.3) is 0 Å². The first-order valence-corrected chi connectivity index (χ1v) is 6.33. The van der Waals surface area contributed by atoms with E-state index in [0.29, 0.717) is 0 Å². The Morgan fingerprint density at radius 2 is 2.21 bits per heavy atom. The smallest absolute Gasteiger partial charge is 0.00128 e. The second kappa shape index (κ2) is 5.13. The van der Waals surface area contributed by atoms with Crippen molar-refractivity contribution in [3.05, 3.63) is 0 Å². The Balaban J connectivity index is 1.80.